The van der Waals surface area contributed by atoms with Crippen LogP contribution in [0.25, 0.3) is 0 Å². The summed E-state index contributed by atoms with van der Waals surface area (Å²) >= 11 is 0. The van der Waals surface area contributed by atoms with Crippen molar-refractivity contribution in [2.24, 2.45) is 5.73 Å². The van der Waals surface area contributed by atoms with Crippen molar-refractivity contribution in [3.05, 3.63) is 59.7 Å². The fraction of sp³-hybridized carbons (Fsp3) is 0.435. The quantitative estimate of drug-likeness (QED) is 0.832. The zero-order valence-electron chi connectivity index (χ0n) is 16.1. The van der Waals surface area contributed by atoms with Gasteiger partial charge < -0.3 is 20.5 Å². The Morgan fingerprint density at radius 1 is 1.07 bits per heavy atom. The summed E-state index contributed by atoms with van der Waals surface area (Å²) in [6, 6.07) is 16.8. The van der Waals surface area contributed by atoms with Crippen LogP contribution in [0.5, 0.6) is 11.5 Å². The number of carbonyl (C=O) groups is 1. The van der Waals surface area contributed by atoms with E-state index in [-0.39, 0.29) is 30.7 Å². The molecule has 5 heteroatoms. The SMILES string of the molecule is NCC(=O)N[C@H]1CC[C@H](Oc2ccc3c(c2)CC[C@@H](c2ccccc2)O3)CC1. The van der Waals surface area contributed by atoms with Gasteiger partial charge in [-0.2, -0.15) is 0 Å². The highest BCUT2D eigenvalue weighted by Gasteiger charge is 2.25. The van der Waals surface area contributed by atoms with Crippen molar-refractivity contribution in [2.75, 3.05) is 6.54 Å². The Labute approximate surface area is 166 Å². The van der Waals surface area contributed by atoms with Crippen LogP contribution in [0.1, 0.15) is 49.3 Å². The van der Waals surface area contributed by atoms with Gasteiger partial charge in [-0.3, -0.25) is 4.79 Å². The smallest absolute Gasteiger partial charge is 0.233 e. The van der Waals surface area contributed by atoms with Crippen LogP contribution >= 0.6 is 0 Å². The Bertz CT molecular complexity index is 801. The number of fused-ring (bicyclic) bond motifs is 1. The maximum Gasteiger partial charge on any atom is 0.233 e. The molecular formula is C23H28N2O3. The molecule has 0 spiro atoms. The minimum atomic E-state index is -0.0761. The molecular weight excluding hydrogens is 352 g/mol. The molecule has 1 aliphatic heterocycles. The van der Waals surface area contributed by atoms with Crippen molar-refractivity contribution in [2.45, 2.75) is 56.8 Å². The number of carbonyl (C=O) groups excluding carboxylic acids is 1. The number of amides is 1. The van der Waals surface area contributed by atoms with Crippen molar-refractivity contribution < 1.29 is 14.3 Å². The first-order chi connectivity index (χ1) is 13.7. The molecule has 1 heterocycles. The topological polar surface area (TPSA) is 73.6 Å². The Morgan fingerprint density at radius 3 is 2.61 bits per heavy atom. The van der Waals surface area contributed by atoms with Crippen molar-refractivity contribution in [3.8, 4) is 11.5 Å². The van der Waals surface area contributed by atoms with Crippen LogP contribution in [0, 0.1) is 0 Å². The summed E-state index contributed by atoms with van der Waals surface area (Å²) in [5.74, 6) is 1.79. The van der Waals surface area contributed by atoms with Gasteiger partial charge in [0.15, 0.2) is 0 Å². The third-order valence-corrected chi connectivity index (χ3v) is 5.68. The monoisotopic (exact) mass is 380 g/mol. The normalized spacial score (nSPS) is 24.0. The lowest BCUT2D eigenvalue weighted by Gasteiger charge is -2.30. The standard InChI is InChI=1S/C23H28N2O3/c24-15-23(26)25-18-7-9-19(10-8-18)27-20-11-13-22-17(14-20)6-12-21(28-22)16-4-2-1-3-5-16/h1-5,11,13-14,18-19,21H,6-10,12,15,24H2,(H,25,26)/t18-,19-,21-/m0/s1. The lowest BCUT2D eigenvalue weighted by Crippen LogP contribution is -2.42. The molecule has 1 fully saturated rings. The molecule has 0 saturated heterocycles. The summed E-state index contributed by atoms with van der Waals surface area (Å²) in [5, 5.41) is 2.98. The van der Waals surface area contributed by atoms with E-state index in [1.165, 1.54) is 11.1 Å². The van der Waals surface area contributed by atoms with E-state index in [9.17, 15) is 4.79 Å². The van der Waals surface area contributed by atoms with Gasteiger partial charge in [0.25, 0.3) is 0 Å². The van der Waals surface area contributed by atoms with Gasteiger partial charge in [-0.1, -0.05) is 30.3 Å². The summed E-state index contributed by atoms with van der Waals surface area (Å²) in [6.45, 7) is 0.0543. The fourth-order valence-corrected chi connectivity index (χ4v) is 4.14. The van der Waals surface area contributed by atoms with E-state index in [0.29, 0.717) is 0 Å². The van der Waals surface area contributed by atoms with Gasteiger partial charge in [-0.05, 0) is 67.9 Å². The second kappa shape index (κ2) is 8.65. The van der Waals surface area contributed by atoms with Crippen LogP contribution in [0.4, 0.5) is 0 Å². The number of benzene rings is 2. The third-order valence-electron chi connectivity index (χ3n) is 5.68. The van der Waals surface area contributed by atoms with E-state index in [4.69, 9.17) is 15.2 Å². The molecule has 1 aliphatic carbocycles. The first-order valence-corrected chi connectivity index (χ1v) is 10.2. The van der Waals surface area contributed by atoms with Crippen molar-refractivity contribution in [1.82, 2.24) is 5.32 Å². The van der Waals surface area contributed by atoms with Crippen molar-refractivity contribution in [1.29, 1.82) is 0 Å². The second-order valence-electron chi connectivity index (χ2n) is 7.69. The molecule has 28 heavy (non-hydrogen) atoms. The Balaban J connectivity index is 1.33. The van der Waals surface area contributed by atoms with Crippen molar-refractivity contribution >= 4 is 5.91 Å². The number of aryl methyl sites for hydroxylation is 1. The molecule has 2 aromatic carbocycles. The fourth-order valence-electron chi connectivity index (χ4n) is 4.14. The van der Waals surface area contributed by atoms with Crippen LogP contribution in [0.15, 0.2) is 48.5 Å². The zero-order chi connectivity index (χ0) is 19.3. The molecule has 2 aliphatic rings. The number of hydrogen-bond acceptors (Lipinski definition) is 4. The van der Waals surface area contributed by atoms with Gasteiger partial charge in [-0.25, -0.2) is 0 Å². The molecule has 5 nitrogen and oxygen atoms in total. The maximum absolute atomic E-state index is 11.4. The van der Waals surface area contributed by atoms with Crippen LogP contribution in [-0.4, -0.2) is 24.6 Å². The molecule has 4 rings (SSSR count). The summed E-state index contributed by atoms with van der Waals surface area (Å²) in [5.41, 5.74) is 7.81. The summed E-state index contributed by atoms with van der Waals surface area (Å²) in [7, 11) is 0. The van der Waals surface area contributed by atoms with Gasteiger partial charge in [-0.15, -0.1) is 0 Å². The Kier molecular flexibility index (Phi) is 5.81. The molecule has 3 N–H and O–H groups in total. The molecule has 1 atom stereocenters. The highest BCUT2D eigenvalue weighted by atomic mass is 16.5. The summed E-state index contributed by atoms with van der Waals surface area (Å²) < 4.78 is 12.4. The highest BCUT2D eigenvalue weighted by Crippen LogP contribution is 2.37. The highest BCUT2D eigenvalue weighted by molar-refractivity contribution is 5.78. The first-order valence-electron chi connectivity index (χ1n) is 10.2. The van der Waals surface area contributed by atoms with E-state index in [1.807, 2.05) is 18.2 Å². The Hall–Kier alpha value is -2.53. The maximum atomic E-state index is 11.4. The lowest BCUT2D eigenvalue weighted by molar-refractivity contribution is -0.120. The summed E-state index contributed by atoms with van der Waals surface area (Å²) in [6.07, 6.45) is 6.05. The van der Waals surface area contributed by atoms with E-state index >= 15 is 0 Å². The van der Waals surface area contributed by atoms with Crippen LogP contribution in [-0.2, 0) is 11.2 Å². The molecule has 1 saturated carbocycles. The average Bonchev–Trinajstić information content (AvgIpc) is 2.75. The van der Waals surface area contributed by atoms with Gasteiger partial charge >= 0.3 is 0 Å². The molecule has 0 unspecified atom stereocenters. The van der Waals surface area contributed by atoms with E-state index < -0.39 is 0 Å². The first kappa shape index (κ1) is 18.8. The molecule has 1 amide bonds. The number of nitrogens with one attached hydrogen (secondary N) is 1. The molecule has 0 bridgehead atoms. The van der Waals surface area contributed by atoms with E-state index in [0.717, 1.165) is 50.0 Å². The second-order valence-corrected chi connectivity index (χ2v) is 7.69. The van der Waals surface area contributed by atoms with Gasteiger partial charge in [0.05, 0.1) is 12.6 Å². The largest absolute Gasteiger partial charge is 0.490 e. The number of rotatable bonds is 5. The molecule has 148 valence electrons. The van der Waals surface area contributed by atoms with E-state index in [2.05, 4.69) is 35.6 Å². The van der Waals surface area contributed by atoms with Crippen LogP contribution in [0.3, 0.4) is 0 Å². The average molecular weight is 380 g/mol. The van der Waals surface area contributed by atoms with E-state index in [1.54, 1.807) is 0 Å². The zero-order valence-corrected chi connectivity index (χ0v) is 16.1. The van der Waals surface area contributed by atoms with Gasteiger partial charge in [0.1, 0.15) is 17.6 Å². The Morgan fingerprint density at radius 2 is 1.86 bits per heavy atom. The van der Waals surface area contributed by atoms with Gasteiger partial charge in [0, 0.05) is 6.04 Å². The predicted octanol–water partition coefficient (Wildman–Crippen LogP) is 3.52. The number of ether oxygens (including phenoxy) is 2. The van der Waals surface area contributed by atoms with Crippen molar-refractivity contribution in [3.63, 3.8) is 0 Å². The molecule has 0 radical (unpaired) electrons. The number of hydrogen-bond donors (Lipinski definition) is 2. The minimum absolute atomic E-state index is 0.0543. The van der Waals surface area contributed by atoms with Crippen LogP contribution < -0.4 is 20.5 Å². The molecule has 2 aromatic rings. The minimum Gasteiger partial charge on any atom is -0.490 e. The van der Waals surface area contributed by atoms with Crippen LogP contribution in [0.2, 0.25) is 0 Å². The predicted molar refractivity (Wildman–Crippen MR) is 108 cm³/mol. The third kappa shape index (κ3) is 4.47. The van der Waals surface area contributed by atoms with Gasteiger partial charge in [0.2, 0.25) is 5.91 Å². The lowest BCUT2D eigenvalue weighted by atomic mass is 9.92. The molecule has 0 aromatic heterocycles. The number of nitrogens with two attached hydrogens (primary N) is 1. The summed E-state index contributed by atoms with van der Waals surface area (Å²) in [4.78, 5) is 11.4.